The van der Waals surface area contributed by atoms with Gasteiger partial charge in [-0.2, -0.15) is 13.2 Å². The summed E-state index contributed by atoms with van der Waals surface area (Å²) >= 11 is 6.24. The second-order valence-corrected chi connectivity index (χ2v) is 9.73. The number of halogens is 4. The van der Waals surface area contributed by atoms with Gasteiger partial charge in [0, 0.05) is 51.7 Å². The number of nitrogens with two attached hydrogens (primary N) is 1. The topological polar surface area (TPSA) is 97.0 Å². The van der Waals surface area contributed by atoms with E-state index in [4.69, 9.17) is 17.3 Å². The molecule has 6 rings (SSSR count). The van der Waals surface area contributed by atoms with Gasteiger partial charge in [-0.25, -0.2) is 15.0 Å². The predicted octanol–water partition coefficient (Wildman–Crippen LogP) is 6.04. The normalized spacial score (nSPS) is 14.0. The Hall–Kier alpha value is -4.28. The van der Waals surface area contributed by atoms with Crippen molar-refractivity contribution in [2.75, 3.05) is 18.4 Å². The number of carbonyl (C=O) groups is 1. The summed E-state index contributed by atoms with van der Waals surface area (Å²) in [6.07, 6.45) is -3.10. The highest BCUT2D eigenvalue weighted by Gasteiger charge is 2.34. The highest BCUT2D eigenvalue weighted by Crippen LogP contribution is 2.40. The van der Waals surface area contributed by atoms with E-state index in [1.54, 1.807) is 47.4 Å². The Balaban J connectivity index is 1.38. The van der Waals surface area contributed by atoms with Gasteiger partial charge in [-0.1, -0.05) is 35.9 Å². The number of aromatic nitrogens is 3. The second kappa shape index (κ2) is 9.48. The molecular weight excluding hydrogens is 529 g/mol. The molecule has 39 heavy (non-hydrogen) atoms. The number of carbonyl (C=O) groups excluding carboxylic acids is 1. The van der Waals surface area contributed by atoms with Crippen LogP contribution in [-0.4, -0.2) is 44.9 Å². The fourth-order valence-corrected chi connectivity index (χ4v) is 4.82. The van der Waals surface area contributed by atoms with Gasteiger partial charge in [-0.15, -0.1) is 0 Å². The van der Waals surface area contributed by atoms with Crippen LogP contribution in [-0.2, 0) is 6.18 Å². The van der Waals surface area contributed by atoms with Crippen molar-refractivity contribution < 1.29 is 18.0 Å². The molecule has 1 amide bonds. The predicted molar refractivity (Wildman–Crippen MR) is 144 cm³/mol. The van der Waals surface area contributed by atoms with Crippen molar-refractivity contribution >= 4 is 50.9 Å². The number of fused-ring (bicyclic) bond motifs is 3. The Labute approximate surface area is 225 Å². The standard InChI is InChI=1S/C28H20ClF3N6O/c29-16-7-10-19-21(11-16)24(20-3-1-2-4-22(20)28(30,31)32)36-23-12-34-27(37-25(19)23)35-18-8-5-15(6-9-18)26(39)38-13-17(33)14-38/h1-12,17H,13-14,33H2,(H,34,35,37). The molecule has 3 N–H and O–H groups in total. The summed E-state index contributed by atoms with van der Waals surface area (Å²) in [5.41, 5.74) is 7.03. The average Bonchev–Trinajstić information content (AvgIpc) is 2.90. The molecule has 0 bridgehead atoms. The molecule has 0 spiro atoms. The lowest BCUT2D eigenvalue weighted by atomic mass is 9.98. The van der Waals surface area contributed by atoms with E-state index >= 15 is 0 Å². The first-order valence-corrected chi connectivity index (χ1v) is 12.4. The smallest absolute Gasteiger partial charge is 0.335 e. The zero-order chi connectivity index (χ0) is 27.3. The van der Waals surface area contributed by atoms with Gasteiger partial charge < -0.3 is 16.0 Å². The van der Waals surface area contributed by atoms with E-state index in [2.05, 4.69) is 20.3 Å². The third kappa shape index (κ3) is 4.73. The number of hydrogen-bond acceptors (Lipinski definition) is 6. The molecule has 0 unspecified atom stereocenters. The number of hydrogen-bond donors (Lipinski definition) is 2. The monoisotopic (exact) mass is 548 g/mol. The lowest BCUT2D eigenvalue weighted by Gasteiger charge is -2.36. The molecule has 1 saturated heterocycles. The molecule has 1 fully saturated rings. The van der Waals surface area contributed by atoms with Crippen molar-refractivity contribution in [1.82, 2.24) is 19.9 Å². The SMILES string of the molecule is NC1CN(C(=O)c2ccc(Nc3ncc4nc(-c5ccccc5C(F)(F)F)c5cc(Cl)ccc5c4n3)cc2)C1. The number of benzene rings is 3. The third-order valence-corrected chi connectivity index (χ3v) is 6.80. The molecular formula is C28H20ClF3N6O. The van der Waals surface area contributed by atoms with Crippen LogP contribution < -0.4 is 11.1 Å². The number of rotatable bonds is 4. The fraction of sp³-hybridized carbons (Fsp3) is 0.143. The van der Waals surface area contributed by atoms with Crippen LogP contribution in [0.4, 0.5) is 24.8 Å². The molecule has 5 aromatic rings. The maximum absolute atomic E-state index is 13.8. The van der Waals surface area contributed by atoms with Crippen LogP contribution in [0, 0.1) is 0 Å². The zero-order valence-electron chi connectivity index (χ0n) is 20.2. The van der Waals surface area contributed by atoms with Gasteiger partial charge in [0.05, 0.1) is 17.5 Å². The van der Waals surface area contributed by atoms with Gasteiger partial charge in [0.2, 0.25) is 5.95 Å². The molecule has 0 aliphatic carbocycles. The summed E-state index contributed by atoms with van der Waals surface area (Å²) in [6, 6.07) is 17.2. The third-order valence-electron chi connectivity index (χ3n) is 6.57. The van der Waals surface area contributed by atoms with Crippen LogP contribution in [0.1, 0.15) is 15.9 Å². The van der Waals surface area contributed by atoms with Crippen molar-refractivity contribution in [1.29, 1.82) is 0 Å². The maximum Gasteiger partial charge on any atom is 0.417 e. The van der Waals surface area contributed by atoms with E-state index in [-0.39, 0.29) is 29.2 Å². The van der Waals surface area contributed by atoms with Crippen molar-refractivity contribution in [3.8, 4) is 11.3 Å². The number of amides is 1. The maximum atomic E-state index is 13.8. The quantitative estimate of drug-likeness (QED) is 0.266. The van der Waals surface area contributed by atoms with Crippen molar-refractivity contribution in [2.24, 2.45) is 5.73 Å². The van der Waals surface area contributed by atoms with Crippen LogP contribution in [0.25, 0.3) is 33.1 Å². The van der Waals surface area contributed by atoms with Gasteiger partial charge in [-0.05, 0) is 42.5 Å². The van der Waals surface area contributed by atoms with E-state index in [0.29, 0.717) is 51.2 Å². The number of nitrogens with zero attached hydrogens (tertiary/aromatic N) is 4. The number of nitrogens with one attached hydrogen (secondary N) is 1. The van der Waals surface area contributed by atoms with Crippen molar-refractivity contribution in [2.45, 2.75) is 12.2 Å². The highest BCUT2D eigenvalue weighted by molar-refractivity contribution is 6.31. The van der Waals surface area contributed by atoms with Crippen molar-refractivity contribution in [3.05, 3.63) is 89.1 Å². The zero-order valence-corrected chi connectivity index (χ0v) is 21.0. The summed E-state index contributed by atoms with van der Waals surface area (Å²) in [7, 11) is 0. The molecule has 196 valence electrons. The van der Waals surface area contributed by atoms with Gasteiger partial charge in [0.1, 0.15) is 11.0 Å². The van der Waals surface area contributed by atoms with E-state index in [1.165, 1.54) is 24.4 Å². The van der Waals surface area contributed by atoms with Crippen LogP contribution in [0.15, 0.2) is 72.9 Å². The number of likely N-dealkylation sites (tertiary alicyclic amines) is 1. The van der Waals surface area contributed by atoms with E-state index in [1.807, 2.05) is 0 Å². The van der Waals surface area contributed by atoms with E-state index in [0.717, 1.165) is 6.07 Å². The van der Waals surface area contributed by atoms with Gasteiger partial charge >= 0.3 is 6.18 Å². The molecule has 1 aliphatic rings. The molecule has 0 saturated carbocycles. The summed E-state index contributed by atoms with van der Waals surface area (Å²) < 4.78 is 41.5. The van der Waals surface area contributed by atoms with Crippen molar-refractivity contribution in [3.63, 3.8) is 0 Å². The molecule has 11 heteroatoms. The number of alkyl halides is 3. The van der Waals surface area contributed by atoms with Gasteiger partial charge in [0.15, 0.2) is 0 Å². The second-order valence-electron chi connectivity index (χ2n) is 9.29. The molecule has 1 aliphatic heterocycles. The summed E-state index contributed by atoms with van der Waals surface area (Å²) in [4.78, 5) is 27.7. The van der Waals surface area contributed by atoms with Crippen LogP contribution in [0.5, 0.6) is 0 Å². The lowest BCUT2D eigenvalue weighted by Crippen LogP contribution is -2.57. The summed E-state index contributed by atoms with van der Waals surface area (Å²) in [6.45, 7) is 1.08. The first-order chi connectivity index (χ1) is 18.7. The minimum absolute atomic E-state index is 0.0250. The molecule has 3 aromatic carbocycles. The highest BCUT2D eigenvalue weighted by atomic mass is 35.5. The van der Waals surface area contributed by atoms with Gasteiger partial charge in [0.25, 0.3) is 5.91 Å². The molecule has 7 nitrogen and oxygen atoms in total. The van der Waals surface area contributed by atoms with Gasteiger partial charge in [-0.3, -0.25) is 4.79 Å². The Morgan fingerprint density at radius 2 is 1.74 bits per heavy atom. The van der Waals surface area contributed by atoms with E-state index in [9.17, 15) is 18.0 Å². The van der Waals surface area contributed by atoms with E-state index < -0.39 is 11.7 Å². The summed E-state index contributed by atoms with van der Waals surface area (Å²) in [5.74, 6) is 0.182. The Bertz CT molecular complexity index is 1740. The molecule has 3 heterocycles. The van der Waals surface area contributed by atoms with Crippen LogP contribution >= 0.6 is 11.6 Å². The van der Waals surface area contributed by atoms with Crippen LogP contribution in [0.3, 0.4) is 0 Å². The molecule has 0 radical (unpaired) electrons. The molecule has 0 atom stereocenters. The summed E-state index contributed by atoms with van der Waals surface area (Å²) in [5, 5.41) is 4.48. The number of pyridine rings is 1. The molecule has 2 aromatic heterocycles. The average molecular weight is 549 g/mol. The first kappa shape index (κ1) is 25.0. The Morgan fingerprint density at radius 3 is 2.46 bits per heavy atom. The van der Waals surface area contributed by atoms with Crippen LogP contribution in [0.2, 0.25) is 5.02 Å². The largest absolute Gasteiger partial charge is 0.417 e. The minimum atomic E-state index is -4.56. The minimum Gasteiger partial charge on any atom is -0.335 e. The first-order valence-electron chi connectivity index (χ1n) is 12.0. The number of anilines is 2. The fourth-order valence-electron chi connectivity index (χ4n) is 4.64. The lowest BCUT2D eigenvalue weighted by molar-refractivity contribution is -0.137. The Kier molecular flexibility index (Phi) is 6.08. The Morgan fingerprint density at radius 1 is 1.00 bits per heavy atom.